The van der Waals surface area contributed by atoms with E-state index in [0.29, 0.717) is 56.2 Å². The Balaban J connectivity index is 1.45. The van der Waals surface area contributed by atoms with Gasteiger partial charge in [-0.25, -0.2) is 8.78 Å². The minimum atomic E-state index is -0.608. The summed E-state index contributed by atoms with van der Waals surface area (Å²) in [4.78, 5) is 24.1. The first-order chi connectivity index (χ1) is 15.9. The van der Waals surface area contributed by atoms with Gasteiger partial charge in [0.25, 0.3) is 5.91 Å². The van der Waals surface area contributed by atoms with Crippen molar-refractivity contribution in [1.82, 2.24) is 14.7 Å². The first-order valence-electron chi connectivity index (χ1n) is 10.9. The molecule has 2 aromatic rings. The highest BCUT2D eigenvalue weighted by Gasteiger charge is 2.44. The molecule has 3 aliphatic heterocycles. The Hall–Kier alpha value is -2.37. The predicted octanol–water partition coefficient (Wildman–Crippen LogP) is 3.28. The summed E-state index contributed by atoms with van der Waals surface area (Å²) in [6.45, 7) is 2.45. The monoisotopic (exact) mass is 564 g/mol. The Kier molecular flexibility index (Phi) is 6.19. The zero-order valence-corrected chi connectivity index (χ0v) is 20.0. The molecule has 5 rings (SSSR count). The van der Waals surface area contributed by atoms with Crippen molar-refractivity contribution < 1.29 is 18.7 Å². The number of aliphatic hydroxyl groups excluding tert-OH is 1. The van der Waals surface area contributed by atoms with E-state index in [1.54, 1.807) is 4.90 Å². The van der Waals surface area contributed by atoms with Crippen LogP contribution in [-0.4, -0.2) is 64.5 Å². The fraction of sp³-hybridized carbons (Fsp3) is 0.333. The molecule has 9 heteroatoms. The van der Waals surface area contributed by atoms with Gasteiger partial charge in [-0.1, -0.05) is 12.1 Å². The SMILES string of the molecule is O=C1C2=C(CCN(Cc3cc(F)cc(F)c3)C2)N2CCN=C2N1[C@H](CO)c1ccc(I)cc1. The van der Waals surface area contributed by atoms with E-state index in [2.05, 4.69) is 32.5 Å². The smallest absolute Gasteiger partial charge is 0.260 e. The van der Waals surface area contributed by atoms with Crippen molar-refractivity contribution in [2.45, 2.75) is 19.0 Å². The quantitative estimate of drug-likeness (QED) is 0.567. The first kappa shape index (κ1) is 22.4. The summed E-state index contributed by atoms with van der Waals surface area (Å²) in [5, 5.41) is 10.3. The number of benzene rings is 2. The minimum Gasteiger partial charge on any atom is -0.394 e. The Labute approximate surface area is 204 Å². The maximum Gasteiger partial charge on any atom is 0.260 e. The number of halogens is 3. The molecule has 2 aromatic carbocycles. The van der Waals surface area contributed by atoms with Gasteiger partial charge < -0.3 is 10.0 Å². The molecule has 0 unspecified atom stereocenters. The number of fused-ring (bicyclic) bond motifs is 2. The van der Waals surface area contributed by atoms with Gasteiger partial charge in [0.15, 0.2) is 0 Å². The van der Waals surface area contributed by atoms with Gasteiger partial charge in [0.1, 0.15) is 11.6 Å². The third kappa shape index (κ3) is 4.29. The molecule has 0 saturated carbocycles. The van der Waals surface area contributed by atoms with Crippen LogP contribution < -0.4 is 0 Å². The molecule has 172 valence electrons. The van der Waals surface area contributed by atoms with Crippen molar-refractivity contribution in [3.05, 3.63) is 80.1 Å². The summed E-state index contributed by atoms with van der Waals surface area (Å²) >= 11 is 2.22. The van der Waals surface area contributed by atoms with Crippen LogP contribution in [0.4, 0.5) is 8.78 Å². The number of carbonyl (C=O) groups excluding carboxylic acids is 1. The van der Waals surface area contributed by atoms with Gasteiger partial charge in [-0.2, -0.15) is 0 Å². The van der Waals surface area contributed by atoms with E-state index in [0.717, 1.165) is 20.9 Å². The van der Waals surface area contributed by atoms with Crippen LogP contribution in [0, 0.1) is 15.2 Å². The lowest BCUT2D eigenvalue weighted by atomic mass is 9.97. The zero-order chi connectivity index (χ0) is 23.1. The van der Waals surface area contributed by atoms with Crippen molar-refractivity contribution in [2.24, 2.45) is 4.99 Å². The molecular weight excluding hydrogens is 541 g/mol. The van der Waals surface area contributed by atoms with Crippen molar-refractivity contribution in [2.75, 3.05) is 32.8 Å². The fourth-order valence-electron chi connectivity index (χ4n) is 4.83. The number of aliphatic hydroxyl groups is 1. The van der Waals surface area contributed by atoms with E-state index < -0.39 is 17.7 Å². The summed E-state index contributed by atoms with van der Waals surface area (Å²) in [5.74, 6) is -0.794. The van der Waals surface area contributed by atoms with E-state index in [1.165, 1.54) is 12.1 Å². The second-order valence-corrected chi connectivity index (χ2v) is 9.67. The number of aliphatic imine (C=N–C) groups is 1. The second-order valence-electron chi connectivity index (χ2n) is 8.42. The van der Waals surface area contributed by atoms with Crippen molar-refractivity contribution in [1.29, 1.82) is 0 Å². The molecule has 0 radical (unpaired) electrons. The molecule has 3 aliphatic rings. The number of amides is 1. The van der Waals surface area contributed by atoms with E-state index in [4.69, 9.17) is 0 Å². The van der Waals surface area contributed by atoms with Gasteiger partial charge in [0, 0.05) is 47.9 Å². The van der Waals surface area contributed by atoms with E-state index in [1.807, 2.05) is 29.2 Å². The molecule has 0 fully saturated rings. The van der Waals surface area contributed by atoms with E-state index in [-0.39, 0.29) is 12.5 Å². The number of rotatable bonds is 5. The van der Waals surface area contributed by atoms with Crippen molar-refractivity contribution >= 4 is 34.5 Å². The standard InChI is InChI=1S/C24H23F2IN4O2/c25-17-9-15(10-18(26)11-17)12-29-7-5-21-20(13-29)23(33)31(24-28-6-8-30(21)24)22(14-32)16-1-3-19(27)4-2-16/h1-4,9-11,22,32H,5-8,12-14H2/t22-/m1/s1. The summed E-state index contributed by atoms with van der Waals surface area (Å²) in [6.07, 6.45) is 0.652. The lowest BCUT2D eigenvalue weighted by Crippen LogP contribution is -2.55. The molecule has 0 spiro atoms. The summed E-state index contributed by atoms with van der Waals surface area (Å²) in [6, 6.07) is 10.7. The normalized spacial score (nSPS) is 19.5. The van der Waals surface area contributed by atoms with E-state index >= 15 is 0 Å². The molecule has 0 bridgehead atoms. The molecule has 1 atom stereocenters. The number of nitrogens with zero attached hydrogens (tertiary/aromatic N) is 4. The number of guanidine groups is 1. The minimum absolute atomic E-state index is 0.172. The van der Waals surface area contributed by atoms with Crippen LogP contribution in [0.2, 0.25) is 0 Å². The van der Waals surface area contributed by atoms with Crippen LogP contribution in [0.3, 0.4) is 0 Å². The van der Waals surface area contributed by atoms with E-state index in [9.17, 15) is 18.7 Å². The van der Waals surface area contributed by atoms with Gasteiger partial charge in [-0.15, -0.1) is 0 Å². The summed E-state index contributed by atoms with van der Waals surface area (Å²) < 4.78 is 28.4. The second kappa shape index (κ2) is 9.11. The van der Waals surface area contributed by atoms with Crippen LogP contribution in [0.5, 0.6) is 0 Å². The summed E-state index contributed by atoms with van der Waals surface area (Å²) in [5.41, 5.74) is 3.00. The van der Waals surface area contributed by atoms with Gasteiger partial charge in [0.05, 0.1) is 24.8 Å². The van der Waals surface area contributed by atoms with Crippen LogP contribution >= 0.6 is 22.6 Å². The third-order valence-electron chi connectivity index (χ3n) is 6.30. The topological polar surface area (TPSA) is 59.4 Å². The van der Waals surface area contributed by atoms with Crippen LogP contribution in [-0.2, 0) is 11.3 Å². The predicted molar refractivity (Wildman–Crippen MR) is 128 cm³/mol. The van der Waals surface area contributed by atoms with Crippen molar-refractivity contribution in [3.63, 3.8) is 0 Å². The number of hydrogen-bond acceptors (Lipinski definition) is 5. The molecule has 1 amide bonds. The van der Waals surface area contributed by atoms with Gasteiger partial charge >= 0.3 is 0 Å². The highest BCUT2D eigenvalue weighted by Crippen LogP contribution is 2.35. The van der Waals surface area contributed by atoms with Crippen molar-refractivity contribution in [3.8, 4) is 0 Å². The number of hydrogen-bond donors (Lipinski definition) is 1. The van der Waals surface area contributed by atoms with Gasteiger partial charge in [-0.3, -0.25) is 19.6 Å². The maximum absolute atomic E-state index is 13.8. The maximum atomic E-state index is 13.8. The Morgan fingerprint density at radius 2 is 1.82 bits per heavy atom. The fourth-order valence-corrected chi connectivity index (χ4v) is 5.19. The molecule has 6 nitrogen and oxygen atoms in total. The molecule has 0 saturated heterocycles. The highest BCUT2D eigenvalue weighted by molar-refractivity contribution is 14.1. The van der Waals surface area contributed by atoms with Crippen LogP contribution in [0.15, 0.2) is 58.7 Å². The molecule has 0 aliphatic carbocycles. The molecule has 0 aromatic heterocycles. The molecule has 33 heavy (non-hydrogen) atoms. The third-order valence-corrected chi connectivity index (χ3v) is 7.02. The Morgan fingerprint density at radius 1 is 1.09 bits per heavy atom. The van der Waals surface area contributed by atoms with Crippen LogP contribution in [0.1, 0.15) is 23.6 Å². The van der Waals surface area contributed by atoms with Gasteiger partial charge in [-0.05, 0) is 58.0 Å². The Bertz CT molecular complexity index is 1130. The molecular formula is C24H23F2IN4O2. The zero-order valence-electron chi connectivity index (χ0n) is 17.8. The van der Waals surface area contributed by atoms with Gasteiger partial charge in [0.2, 0.25) is 5.96 Å². The first-order valence-corrected chi connectivity index (χ1v) is 11.9. The largest absolute Gasteiger partial charge is 0.394 e. The molecule has 3 heterocycles. The summed E-state index contributed by atoms with van der Waals surface area (Å²) in [7, 11) is 0. The number of carbonyl (C=O) groups is 1. The lowest BCUT2D eigenvalue weighted by Gasteiger charge is -2.44. The highest BCUT2D eigenvalue weighted by atomic mass is 127. The lowest BCUT2D eigenvalue weighted by molar-refractivity contribution is -0.127. The Morgan fingerprint density at radius 3 is 2.52 bits per heavy atom. The average Bonchev–Trinajstić information content (AvgIpc) is 3.26. The average molecular weight is 564 g/mol. The molecule has 1 N–H and O–H groups in total. The van der Waals surface area contributed by atoms with Crippen LogP contribution in [0.25, 0.3) is 0 Å².